The van der Waals surface area contributed by atoms with E-state index in [0.717, 1.165) is 30.8 Å². The standard InChI is InChI=1S/C26H29FN8O/c1-4-36-26-30-16(2)23-25(32-26)35(24(31-23)19-9-28-15-29-10-19)12-18-6-5-17(7-22(18)27)11-34-14-20-8-21(34)13-33(20)3/h5-7,9-10,15,20-21H,4,8,11-14H2,1-3H3. The van der Waals surface area contributed by atoms with Gasteiger partial charge in [-0.25, -0.2) is 19.3 Å². The molecule has 1 aromatic carbocycles. The van der Waals surface area contributed by atoms with E-state index in [2.05, 4.69) is 36.8 Å². The van der Waals surface area contributed by atoms with Crippen LogP contribution in [0.15, 0.2) is 36.9 Å². The van der Waals surface area contributed by atoms with E-state index >= 15 is 4.39 Å². The fourth-order valence-corrected chi connectivity index (χ4v) is 5.45. The Morgan fingerprint density at radius 2 is 1.89 bits per heavy atom. The summed E-state index contributed by atoms with van der Waals surface area (Å²) in [5.41, 5.74) is 4.21. The number of aryl methyl sites for hydroxylation is 1. The zero-order valence-electron chi connectivity index (χ0n) is 20.7. The van der Waals surface area contributed by atoms with Crippen LogP contribution in [0.5, 0.6) is 6.01 Å². The molecule has 2 aliphatic heterocycles. The summed E-state index contributed by atoms with van der Waals surface area (Å²) in [5.74, 6) is 0.374. The highest BCUT2D eigenvalue weighted by molar-refractivity contribution is 5.79. The van der Waals surface area contributed by atoms with Crippen LogP contribution in [-0.4, -0.2) is 78.1 Å². The number of benzene rings is 1. The Balaban J connectivity index is 1.34. The summed E-state index contributed by atoms with van der Waals surface area (Å²) in [5, 5.41) is 0. The first-order valence-electron chi connectivity index (χ1n) is 12.3. The number of ether oxygens (including phenoxy) is 1. The van der Waals surface area contributed by atoms with Crippen molar-refractivity contribution >= 4 is 11.2 Å². The molecule has 2 fully saturated rings. The molecular weight excluding hydrogens is 459 g/mol. The second-order valence-corrected chi connectivity index (χ2v) is 9.68. The highest BCUT2D eigenvalue weighted by Gasteiger charge is 2.41. The molecule has 10 heteroatoms. The molecule has 0 spiro atoms. The maximum Gasteiger partial charge on any atom is 0.318 e. The number of nitrogens with zero attached hydrogens (tertiary/aromatic N) is 8. The summed E-state index contributed by atoms with van der Waals surface area (Å²) in [7, 11) is 2.19. The van der Waals surface area contributed by atoms with E-state index < -0.39 is 0 Å². The van der Waals surface area contributed by atoms with Crippen LogP contribution in [0.2, 0.25) is 0 Å². The number of hydrogen-bond acceptors (Lipinski definition) is 8. The molecule has 0 radical (unpaired) electrons. The Hall–Kier alpha value is -3.50. The number of rotatable bonds is 7. The fraction of sp³-hybridized carbons (Fsp3) is 0.423. The number of hydrogen-bond donors (Lipinski definition) is 0. The minimum Gasteiger partial charge on any atom is -0.464 e. The third kappa shape index (κ3) is 4.10. The molecule has 2 unspecified atom stereocenters. The van der Waals surface area contributed by atoms with Gasteiger partial charge in [0.2, 0.25) is 0 Å². The van der Waals surface area contributed by atoms with Gasteiger partial charge >= 0.3 is 6.01 Å². The molecule has 186 valence electrons. The third-order valence-corrected chi connectivity index (χ3v) is 7.30. The van der Waals surface area contributed by atoms with Gasteiger partial charge in [-0.15, -0.1) is 0 Å². The minimum absolute atomic E-state index is 0.234. The molecule has 5 heterocycles. The summed E-state index contributed by atoms with van der Waals surface area (Å²) in [6.45, 7) is 7.38. The quantitative estimate of drug-likeness (QED) is 0.393. The molecule has 6 rings (SSSR count). The number of piperazine rings is 1. The van der Waals surface area contributed by atoms with Crippen LogP contribution in [0.3, 0.4) is 0 Å². The lowest BCUT2D eigenvalue weighted by molar-refractivity contribution is 0.143. The number of aromatic nitrogens is 6. The maximum absolute atomic E-state index is 15.4. The van der Waals surface area contributed by atoms with Crippen LogP contribution in [0.4, 0.5) is 4.39 Å². The van der Waals surface area contributed by atoms with Crippen LogP contribution in [0.25, 0.3) is 22.6 Å². The Kier molecular flexibility index (Phi) is 5.85. The second-order valence-electron chi connectivity index (χ2n) is 9.68. The second kappa shape index (κ2) is 9.18. The summed E-state index contributed by atoms with van der Waals surface area (Å²) >= 11 is 0. The van der Waals surface area contributed by atoms with Crippen molar-refractivity contribution in [2.45, 2.75) is 45.4 Å². The zero-order chi connectivity index (χ0) is 24.8. The predicted molar refractivity (Wildman–Crippen MR) is 133 cm³/mol. The molecule has 0 aliphatic carbocycles. The molecule has 2 aliphatic rings. The van der Waals surface area contributed by atoms with Gasteiger partial charge in [0.15, 0.2) is 5.65 Å². The Bertz CT molecular complexity index is 1410. The van der Waals surface area contributed by atoms with Crippen molar-refractivity contribution in [3.63, 3.8) is 0 Å². The first kappa shape index (κ1) is 22.9. The van der Waals surface area contributed by atoms with Crippen molar-refractivity contribution in [1.29, 1.82) is 0 Å². The van der Waals surface area contributed by atoms with Gasteiger partial charge in [-0.1, -0.05) is 12.1 Å². The van der Waals surface area contributed by atoms with Crippen molar-refractivity contribution in [3.8, 4) is 17.4 Å². The molecule has 3 aromatic heterocycles. The van der Waals surface area contributed by atoms with Gasteiger partial charge in [0.1, 0.15) is 23.5 Å². The minimum atomic E-state index is -0.234. The molecule has 2 atom stereocenters. The van der Waals surface area contributed by atoms with Gasteiger partial charge in [0.05, 0.1) is 24.4 Å². The SMILES string of the molecule is CCOc1nc(C)c2nc(-c3cncnc3)n(Cc3ccc(CN4CC5CC4CN5C)cc3F)c2n1. The van der Waals surface area contributed by atoms with Gasteiger partial charge < -0.3 is 14.2 Å². The Morgan fingerprint density at radius 3 is 2.58 bits per heavy atom. The first-order chi connectivity index (χ1) is 17.5. The monoisotopic (exact) mass is 488 g/mol. The number of likely N-dealkylation sites (tertiary alicyclic amines) is 2. The van der Waals surface area contributed by atoms with Crippen molar-refractivity contribution < 1.29 is 9.13 Å². The van der Waals surface area contributed by atoms with E-state index in [1.54, 1.807) is 18.5 Å². The molecule has 0 amide bonds. The van der Waals surface area contributed by atoms with E-state index in [9.17, 15) is 0 Å². The van der Waals surface area contributed by atoms with Gasteiger partial charge in [-0.05, 0) is 38.9 Å². The number of halogens is 1. The highest BCUT2D eigenvalue weighted by atomic mass is 19.1. The fourth-order valence-electron chi connectivity index (χ4n) is 5.45. The molecule has 2 bridgehead atoms. The van der Waals surface area contributed by atoms with Crippen LogP contribution in [0, 0.1) is 12.7 Å². The number of imidazole rings is 1. The van der Waals surface area contributed by atoms with E-state index in [1.807, 2.05) is 30.5 Å². The normalized spacial score (nSPS) is 20.0. The lowest BCUT2D eigenvalue weighted by atomic mass is 10.1. The molecule has 0 N–H and O–H groups in total. The first-order valence-corrected chi connectivity index (χ1v) is 12.3. The molecule has 9 nitrogen and oxygen atoms in total. The van der Waals surface area contributed by atoms with E-state index in [1.165, 1.54) is 12.7 Å². The lowest BCUT2D eigenvalue weighted by Crippen LogP contribution is -2.43. The molecule has 0 saturated carbocycles. The average molecular weight is 489 g/mol. The molecule has 36 heavy (non-hydrogen) atoms. The highest BCUT2D eigenvalue weighted by Crippen LogP contribution is 2.31. The van der Waals surface area contributed by atoms with E-state index in [0.29, 0.717) is 46.9 Å². The zero-order valence-corrected chi connectivity index (χ0v) is 20.7. The Labute approximate surface area is 209 Å². The van der Waals surface area contributed by atoms with Gasteiger partial charge in [-0.3, -0.25) is 4.90 Å². The van der Waals surface area contributed by atoms with Crippen molar-refractivity contribution in [1.82, 2.24) is 39.3 Å². The van der Waals surface area contributed by atoms with E-state index in [-0.39, 0.29) is 18.4 Å². The van der Waals surface area contributed by atoms with Crippen molar-refractivity contribution in [3.05, 3.63) is 59.6 Å². The summed E-state index contributed by atoms with van der Waals surface area (Å²) in [6.07, 6.45) is 6.06. The third-order valence-electron chi connectivity index (χ3n) is 7.30. The molecule has 4 aromatic rings. The smallest absolute Gasteiger partial charge is 0.318 e. The maximum atomic E-state index is 15.4. The van der Waals surface area contributed by atoms with Crippen molar-refractivity contribution in [2.24, 2.45) is 0 Å². The van der Waals surface area contributed by atoms with Crippen LogP contribution >= 0.6 is 0 Å². The van der Waals surface area contributed by atoms with Gasteiger partial charge in [0.25, 0.3) is 0 Å². The van der Waals surface area contributed by atoms with E-state index in [4.69, 9.17) is 9.72 Å². The van der Waals surface area contributed by atoms with Crippen molar-refractivity contribution in [2.75, 3.05) is 26.7 Å². The largest absolute Gasteiger partial charge is 0.464 e. The Morgan fingerprint density at radius 1 is 1.06 bits per heavy atom. The summed E-state index contributed by atoms with van der Waals surface area (Å²) in [6, 6.07) is 7.05. The van der Waals surface area contributed by atoms with Crippen LogP contribution in [-0.2, 0) is 13.1 Å². The summed E-state index contributed by atoms with van der Waals surface area (Å²) < 4.78 is 22.9. The summed E-state index contributed by atoms with van der Waals surface area (Å²) in [4.78, 5) is 27.0. The number of likely N-dealkylation sites (N-methyl/N-ethyl adjacent to an activating group) is 1. The van der Waals surface area contributed by atoms with Crippen LogP contribution < -0.4 is 4.74 Å². The predicted octanol–water partition coefficient (Wildman–Crippen LogP) is 3.07. The lowest BCUT2D eigenvalue weighted by Gasteiger charge is -2.31. The van der Waals surface area contributed by atoms with Crippen LogP contribution in [0.1, 0.15) is 30.2 Å². The molecular formula is C26H29FN8O. The topological polar surface area (TPSA) is 85.1 Å². The number of fused-ring (bicyclic) bond motifs is 3. The average Bonchev–Trinajstić information content (AvgIpc) is 3.54. The van der Waals surface area contributed by atoms with Gasteiger partial charge in [-0.2, -0.15) is 9.97 Å². The van der Waals surface area contributed by atoms with Gasteiger partial charge in [0, 0.05) is 49.7 Å². The molecule has 2 saturated heterocycles.